The summed E-state index contributed by atoms with van der Waals surface area (Å²) in [6, 6.07) is 15.1. The number of carbonyl (C=O) groups excluding carboxylic acids is 1. The molecule has 0 aliphatic carbocycles. The summed E-state index contributed by atoms with van der Waals surface area (Å²) in [4.78, 5) is 13.7. The summed E-state index contributed by atoms with van der Waals surface area (Å²) in [7, 11) is 1.59. The van der Waals surface area contributed by atoms with Crippen molar-refractivity contribution >= 4 is 33.0 Å². The smallest absolute Gasteiger partial charge is 0.241 e. The lowest BCUT2D eigenvalue weighted by Gasteiger charge is -2.13. The van der Waals surface area contributed by atoms with Gasteiger partial charge in [0.1, 0.15) is 5.75 Å². The number of benzene rings is 2. The maximum atomic E-state index is 12.6. The lowest BCUT2D eigenvalue weighted by Crippen LogP contribution is -2.37. The van der Waals surface area contributed by atoms with Crippen molar-refractivity contribution in [2.45, 2.75) is 12.5 Å². The van der Waals surface area contributed by atoms with Gasteiger partial charge in [-0.3, -0.25) is 9.89 Å². The van der Waals surface area contributed by atoms with Crippen LogP contribution in [0.1, 0.15) is 4.88 Å². The first-order chi connectivity index (χ1) is 13.6. The number of ether oxygens (including phenoxy) is 1. The zero-order valence-corrected chi connectivity index (χ0v) is 16.1. The van der Waals surface area contributed by atoms with Crippen molar-refractivity contribution < 1.29 is 9.53 Å². The van der Waals surface area contributed by atoms with E-state index in [0.29, 0.717) is 17.9 Å². The standard InChI is InChI=1S/C21H20N4O2S/c1-27-19-9-15(6-7-17(19)14-11-23-24-12-14)25-21(26)18(22)10-16-8-13-4-2-3-5-20(13)28-16/h2-9,11-12,18H,10,22H2,1H3,(H,23,24)(H,25,26)/t18-/m1/s1. The second kappa shape index (κ2) is 7.84. The van der Waals surface area contributed by atoms with Crippen LogP contribution in [-0.4, -0.2) is 29.3 Å². The van der Waals surface area contributed by atoms with E-state index in [-0.39, 0.29) is 5.91 Å². The SMILES string of the molecule is COc1cc(NC(=O)[C@H](N)Cc2cc3ccccc3s2)ccc1-c1cn[nH]c1. The quantitative estimate of drug-likeness (QED) is 0.465. The fourth-order valence-electron chi connectivity index (χ4n) is 3.09. The van der Waals surface area contributed by atoms with E-state index in [1.807, 2.05) is 24.3 Å². The highest BCUT2D eigenvalue weighted by Gasteiger charge is 2.17. The molecule has 0 bridgehead atoms. The van der Waals surface area contributed by atoms with Crippen molar-refractivity contribution in [3.05, 3.63) is 65.8 Å². The van der Waals surface area contributed by atoms with Crippen LogP contribution in [0.2, 0.25) is 0 Å². The lowest BCUT2D eigenvalue weighted by molar-refractivity contribution is -0.117. The molecule has 0 unspecified atom stereocenters. The number of hydrogen-bond acceptors (Lipinski definition) is 5. The zero-order valence-electron chi connectivity index (χ0n) is 15.3. The summed E-state index contributed by atoms with van der Waals surface area (Å²) in [6.07, 6.45) is 4.00. The van der Waals surface area contributed by atoms with Crippen LogP contribution < -0.4 is 15.8 Å². The monoisotopic (exact) mass is 392 g/mol. The zero-order chi connectivity index (χ0) is 19.5. The van der Waals surface area contributed by atoms with E-state index in [1.54, 1.807) is 36.9 Å². The van der Waals surface area contributed by atoms with E-state index < -0.39 is 6.04 Å². The Balaban J connectivity index is 1.46. The van der Waals surface area contributed by atoms with Crippen LogP contribution in [0.5, 0.6) is 5.75 Å². The van der Waals surface area contributed by atoms with Gasteiger partial charge in [-0.2, -0.15) is 5.10 Å². The van der Waals surface area contributed by atoms with Gasteiger partial charge in [0.25, 0.3) is 0 Å². The van der Waals surface area contributed by atoms with Gasteiger partial charge in [0.15, 0.2) is 0 Å². The Kier molecular flexibility index (Phi) is 5.10. The molecule has 0 saturated carbocycles. The minimum atomic E-state index is -0.632. The second-order valence-electron chi connectivity index (χ2n) is 6.45. The first-order valence-electron chi connectivity index (χ1n) is 8.85. The Labute approximate surface area is 166 Å². The van der Waals surface area contributed by atoms with E-state index in [4.69, 9.17) is 10.5 Å². The van der Waals surface area contributed by atoms with E-state index in [0.717, 1.165) is 16.0 Å². The molecule has 7 heteroatoms. The van der Waals surface area contributed by atoms with E-state index in [2.05, 4.69) is 33.7 Å². The first-order valence-corrected chi connectivity index (χ1v) is 9.67. The Hall–Kier alpha value is -3.16. The molecule has 1 amide bonds. The normalized spacial score (nSPS) is 12.1. The number of anilines is 1. The number of H-pyrrole nitrogens is 1. The summed E-state index contributed by atoms with van der Waals surface area (Å²) < 4.78 is 6.66. The van der Waals surface area contributed by atoms with Crippen LogP contribution in [0.3, 0.4) is 0 Å². The number of nitrogens with two attached hydrogens (primary N) is 1. The molecular weight excluding hydrogens is 372 g/mol. The van der Waals surface area contributed by atoms with E-state index >= 15 is 0 Å². The third-order valence-electron chi connectivity index (χ3n) is 4.51. The summed E-state index contributed by atoms with van der Waals surface area (Å²) in [5, 5.41) is 10.8. The molecule has 0 spiro atoms. The molecule has 28 heavy (non-hydrogen) atoms. The number of nitrogens with one attached hydrogen (secondary N) is 2. The summed E-state index contributed by atoms with van der Waals surface area (Å²) in [6.45, 7) is 0. The van der Waals surface area contributed by atoms with Crippen molar-refractivity contribution in [2.24, 2.45) is 5.73 Å². The summed E-state index contributed by atoms with van der Waals surface area (Å²) >= 11 is 1.67. The highest BCUT2D eigenvalue weighted by atomic mass is 32.1. The first kappa shape index (κ1) is 18.2. The number of methoxy groups -OCH3 is 1. The Morgan fingerprint density at radius 3 is 2.89 bits per heavy atom. The van der Waals surface area contributed by atoms with Crippen LogP contribution in [0.4, 0.5) is 5.69 Å². The minimum Gasteiger partial charge on any atom is -0.496 e. The van der Waals surface area contributed by atoms with Crippen LogP contribution in [0, 0.1) is 0 Å². The molecule has 0 aliphatic heterocycles. The largest absolute Gasteiger partial charge is 0.496 e. The van der Waals surface area contributed by atoms with Gasteiger partial charge >= 0.3 is 0 Å². The topological polar surface area (TPSA) is 93.0 Å². The molecule has 142 valence electrons. The summed E-state index contributed by atoms with van der Waals surface area (Å²) in [5.41, 5.74) is 8.59. The molecule has 1 atom stereocenters. The molecule has 2 aromatic carbocycles. The number of rotatable bonds is 6. The molecule has 4 rings (SSSR count). The number of carbonyl (C=O) groups is 1. The maximum Gasteiger partial charge on any atom is 0.241 e. The van der Waals surface area contributed by atoms with Crippen molar-refractivity contribution in [1.29, 1.82) is 0 Å². The predicted molar refractivity (Wildman–Crippen MR) is 113 cm³/mol. The van der Waals surface area contributed by atoms with Gasteiger partial charge in [-0.15, -0.1) is 11.3 Å². The molecule has 6 nitrogen and oxygen atoms in total. The van der Waals surface area contributed by atoms with Crippen LogP contribution in [-0.2, 0) is 11.2 Å². The molecule has 0 saturated heterocycles. The number of hydrogen-bond donors (Lipinski definition) is 3. The van der Waals surface area contributed by atoms with Crippen molar-refractivity contribution in [3.63, 3.8) is 0 Å². The highest BCUT2D eigenvalue weighted by Crippen LogP contribution is 2.32. The molecule has 2 heterocycles. The highest BCUT2D eigenvalue weighted by molar-refractivity contribution is 7.19. The minimum absolute atomic E-state index is 0.226. The molecule has 0 fully saturated rings. The van der Waals surface area contributed by atoms with Gasteiger partial charge in [0.05, 0.1) is 19.3 Å². The molecular formula is C21H20N4O2S. The molecule has 2 aromatic heterocycles. The van der Waals surface area contributed by atoms with Gasteiger partial charge in [0.2, 0.25) is 5.91 Å². The number of fused-ring (bicyclic) bond motifs is 1. The van der Waals surface area contributed by atoms with E-state index in [1.165, 1.54) is 10.1 Å². The van der Waals surface area contributed by atoms with E-state index in [9.17, 15) is 4.79 Å². The van der Waals surface area contributed by atoms with Gasteiger partial charge in [0, 0.05) is 45.1 Å². The van der Waals surface area contributed by atoms with Crippen LogP contribution in [0.25, 0.3) is 21.2 Å². The van der Waals surface area contributed by atoms with Gasteiger partial charge in [-0.25, -0.2) is 0 Å². The third kappa shape index (κ3) is 3.76. The fraction of sp³-hybridized carbons (Fsp3) is 0.143. The number of amides is 1. The average molecular weight is 392 g/mol. The summed E-state index contributed by atoms with van der Waals surface area (Å²) in [5.74, 6) is 0.424. The van der Waals surface area contributed by atoms with Gasteiger partial charge in [-0.1, -0.05) is 18.2 Å². The number of aromatic amines is 1. The van der Waals surface area contributed by atoms with Crippen LogP contribution in [0.15, 0.2) is 60.9 Å². The van der Waals surface area contributed by atoms with Gasteiger partial charge in [-0.05, 0) is 29.7 Å². The van der Waals surface area contributed by atoms with Gasteiger partial charge < -0.3 is 15.8 Å². The van der Waals surface area contributed by atoms with Crippen molar-refractivity contribution in [3.8, 4) is 16.9 Å². The predicted octanol–water partition coefficient (Wildman–Crippen LogP) is 3.81. The Morgan fingerprint density at radius 2 is 2.14 bits per heavy atom. The Morgan fingerprint density at radius 1 is 1.29 bits per heavy atom. The molecule has 0 radical (unpaired) electrons. The van der Waals surface area contributed by atoms with Crippen molar-refractivity contribution in [2.75, 3.05) is 12.4 Å². The third-order valence-corrected chi connectivity index (χ3v) is 5.65. The number of aromatic nitrogens is 2. The Bertz CT molecular complexity index is 1070. The maximum absolute atomic E-state index is 12.6. The van der Waals surface area contributed by atoms with Crippen molar-refractivity contribution in [1.82, 2.24) is 10.2 Å². The van der Waals surface area contributed by atoms with Crippen LogP contribution >= 0.6 is 11.3 Å². The average Bonchev–Trinajstić information content (AvgIpc) is 3.37. The fourth-order valence-corrected chi connectivity index (χ4v) is 4.21. The second-order valence-corrected chi connectivity index (χ2v) is 7.62. The number of nitrogens with zero attached hydrogens (tertiary/aromatic N) is 1. The number of thiophene rings is 1. The molecule has 4 aromatic rings. The molecule has 4 N–H and O–H groups in total. The molecule has 0 aliphatic rings. The lowest BCUT2D eigenvalue weighted by atomic mass is 10.1.